The zero-order chi connectivity index (χ0) is 20.6. The first-order valence-electron chi connectivity index (χ1n) is 9.44. The predicted molar refractivity (Wildman–Crippen MR) is 106 cm³/mol. The summed E-state index contributed by atoms with van der Waals surface area (Å²) in [6, 6.07) is 10.9. The van der Waals surface area contributed by atoms with E-state index < -0.39 is 5.97 Å². The van der Waals surface area contributed by atoms with E-state index in [1.54, 1.807) is 53.5 Å². The normalized spacial score (nSPS) is 16.6. The summed E-state index contributed by atoms with van der Waals surface area (Å²) in [7, 11) is 1.73. The molecule has 0 bridgehead atoms. The lowest BCUT2D eigenvalue weighted by Gasteiger charge is -2.34. The van der Waals surface area contributed by atoms with E-state index >= 15 is 0 Å². The van der Waals surface area contributed by atoms with Crippen molar-refractivity contribution in [3.8, 4) is 5.75 Å². The molecule has 1 unspecified atom stereocenters. The Kier molecular flexibility index (Phi) is 7.15. The number of aliphatic carboxylic acids is 1. The van der Waals surface area contributed by atoms with Gasteiger partial charge in [-0.3, -0.25) is 19.5 Å². The quantitative estimate of drug-likeness (QED) is 0.719. The highest BCUT2D eigenvalue weighted by molar-refractivity contribution is 5.94. The first-order chi connectivity index (χ1) is 14.0. The number of carboxylic acids is 1. The maximum Gasteiger partial charge on any atom is 0.317 e. The molecular formula is C21H25N3O5. The van der Waals surface area contributed by atoms with Gasteiger partial charge in [0, 0.05) is 37.6 Å². The van der Waals surface area contributed by atoms with E-state index in [0.29, 0.717) is 44.2 Å². The molecule has 0 saturated carbocycles. The summed E-state index contributed by atoms with van der Waals surface area (Å²) in [5, 5.41) is 8.87. The number of pyridine rings is 1. The van der Waals surface area contributed by atoms with Crippen LogP contribution < -0.4 is 4.74 Å². The average molecular weight is 399 g/mol. The summed E-state index contributed by atoms with van der Waals surface area (Å²) in [4.78, 5) is 31.0. The molecular weight excluding hydrogens is 374 g/mol. The Morgan fingerprint density at radius 1 is 1.24 bits per heavy atom. The van der Waals surface area contributed by atoms with E-state index in [4.69, 9.17) is 14.6 Å². The number of carbonyl (C=O) groups is 2. The molecule has 1 aliphatic rings. The van der Waals surface area contributed by atoms with Gasteiger partial charge in [0.1, 0.15) is 12.4 Å². The van der Waals surface area contributed by atoms with Crippen molar-refractivity contribution in [3.05, 3.63) is 59.9 Å². The zero-order valence-electron chi connectivity index (χ0n) is 16.4. The van der Waals surface area contributed by atoms with Gasteiger partial charge in [-0.05, 0) is 49.0 Å². The van der Waals surface area contributed by atoms with Gasteiger partial charge in [-0.2, -0.15) is 0 Å². The Bertz CT molecular complexity index is 813. The SMILES string of the molecule is CN(CC(=O)O)CC1CN(C(=O)c2ccc(OCc3ccncc3)cc2)CCO1. The standard InChI is InChI=1S/C21H25N3O5/c1-23(14-20(25)26)12-19-13-24(10-11-28-19)21(27)17-2-4-18(5-3-17)29-15-16-6-8-22-9-7-16/h2-9,19H,10-15H2,1H3,(H,25,26). The van der Waals surface area contributed by atoms with Gasteiger partial charge < -0.3 is 19.5 Å². The number of rotatable bonds is 8. The lowest BCUT2D eigenvalue weighted by Crippen LogP contribution is -2.49. The van der Waals surface area contributed by atoms with Gasteiger partial charge in [0.05, 0.1) is 19.3 Å². The maximum atomic E-state index is 12.8. The minimum atomic E-state index is -0.887. The van der Waals surface area contributed by atoms with Crippen LogP contribution in [-0.4, -0.2) is 77.7 Å². The van der Waals surface area contributed by atoms with E-state index in [1.807, 2.05) is 12.1 Å². The van der Waals surface area contributed by atoms with Crippen LogP contribution in [0.5, 0.6) is 5.75 Å². The van der Waals surface area contributed by atoms with Crippen molar-refractivity contribution >= 4 is 11.9 Å². The molecule has 2 heterocycles. The molecule has 1 aromatic heterocycles. The first-order valence-corrected chi connectivity index (χ1v) is 9.44. The fourth-order valence-corrected chi connectivity index (χ4v) is 3.18. The number of nitrogens with zero attached hydrogens (tertiary/aromatic N) is 3. The van der Waals surface area contributed by atoms with Gasteiger partial charge in [0.15, 0.2) is 0 Å². The van der Waals surface area contributed by atoms with Gasteiger partial charge in [0.2, 0.25) is 0 Å². The number of aromatic nitrogens is 1. The van der Waals surface area contributed by atoms with Crippen molar-refractivity contribution in [2.24, 2.45) is 0 Å². The molecule has 3 rings (SSSR count). The third-order valence-electron chi connectivity index (χ3n) is 4.60. The van der Waals surface area contributed by atoms with Crippen LogP contribution in [0, 0.1) is 0 Å². The molecule has 1 aliphatic heterocycles. The van der Waals surface area contributed by atoms with Gasteiger partial charge in [-0.25, -0.2) is 0 Å². The van der Waals surface area contributed by atoms with Crippen molar-refractivity contribution in [2.75, 3.05) is 39.8 Å². The summed E-state index contributed by atoms with van der Waals surface area (Å²) < 4.78 is 11.4. The highest BCUT2D eigenvalue weighted by Gasteiger charge is 2.26. The minimum Gasteiger partial charge on any atom is -0.489 e. The van der Waals surface area contributed by atoms with Crippen molar-refractivity contribution in [1.29, 1.82) is 0 Å². The molecule has 0 aliphatic carbocycles. The number of hydrogen-bond donors (Lipinski definition) is 1. The summed E-state index contributed by atoms with van der Waals surface area (Å²) in [6.45, 7) is 2.21. The molecule has 2 aromatic rings. The molecule has 1 N–H and O–H groups in total. The minimum absolute atomic E-state index is 0.0608. The van der Waals surface area contributed by atoms with E-state index in [9.17, 15) is 9.59 Å². The Balaban J connectivity index is 1.53. The van der Waals surface area contributed by atoms with Gasteiger partial charge in [0.25, 0.3) is 5.91 Å². The topological polar surface area (TPSA) is 92.2 Å². The van der Waals surface area contributed by atoms with Crippen molar-refractivity contribution in [3.63, 3.8) is 0 Å². The second-order valence-electron chi connectivity index (χ2n) is 7.00. The zero-order valence-corrected chi connectivity index (χ0v) is 16.4. The molecule has 1 fully saturated rings. The molecule has 1 atom stereocenters. The van der Waals surface area contributed by atoms with Crippen LogP contribution in [0.1, 0.15) is 15.9 Å². The third-order valence-corrected chi connectivity index (χ3v) is 4.60. The lowest BCUT2D eigenvalue weighted by atomic mass is 10.1. The van der Waals surface area contributed by atoms with Crippen LogP contribution in [0.2, 0.25) is 0 Å². The summed E-state index contributed by atoms with van der Waals surface area (Å²) in [5.74, 6) is -0.268. The number of likely N-dealkylation sites (N-methyl/N-ethyl adjacent to an activating group) is 1. The molecule has 8 heteroatoms. The van der Waals surface area contributed by atoms with E-state index in [1.165, 1.54) is 0 Å². The second-order valence-corrected chi connectivity index (χ2v) is 7.00. The highest BCUT2D eigenvalue weighted by Crippen LogP contribution is 2.17. The molecule has 8 nitrogen and oxygen atoms in total. The van der Waals surface area contributed by atoms with Gasteiger partial charge >= 0.3 is 5.97 Å². The smallest absolute Gasteiger partial charge is 0.317 e. The monoisotopic (exact) mass is 399 g/mol. The number of ether oxygens (including phenoxy) is 2. The molecule has 1 saturated heterocycles. The molecule has 0 spiro atoms. The predicted octanol–water partition coefficient (Wildman–Crippen LogP) is 1.52. The number of benzene rings is 1. The van der Waals surface area contributed by atoms with Gasteiger partial charge in [-0.1, -0.05) is 0 Å². The molecule has 29 heavy (non-hydrogen) atoms. The lowest BCUT2D eigenvalue weighted by molar-refractivity contribution is -0.138. The van der Waals surface area contributed by atoms with Crippen molar-refractivity contribution in [1.82, 2.24) is 14.8 Å². The average Bonchev–Trinajstić information content (AvgIpc) is 2.72. The fraction of sp³-hybridized carbons (Fsp3) is 0.381. The summed E-state index contributed by atoms with van der Waals surface area (Å²) in [6.07, 6.45) is 3.23. The van der Waals surface area contributed by atoms with E-state index in [0.717, 1.165) is 5.56 Å². The largest absolute Gasteiger partial charge is 0.489 e. The van der Waals surface area contributed by atoms with Crippen LogP contribution in [0.3, 0.4) is 0 Å². The molecule has 0 radical (unpaired) electrons. The summed E-state index contributed by atoms with van der Waals surface area (Å²) in [5.41, 5.74) is 1.60. The number of carboxylic acid groups (broad SMARTS) is 1. The van der Waals surface area contributed by atoms with Gasteiger partial charge in [-0.15, -0.1) is 0 Å². The van der Waals surface area contributed by atoms with Crippen molar-refractivity contribution < 1.29 is 24.2 Å². The van der Waals surface area contributed by atoms with Crippen LogP contribution in [0.4, 0.5) is 0 Å². The van der Waals surface area contributed by atoms with Crippen LogP contribution >= 0.6 is 0 Å². The number of amides is 1. The van der Waals surface area contributed by atoms with Crippen LogP contribution in [0.15, 0.2) is 48.8 Å². The Morgan fingerprint density at radius 2 is 1.97 bits per heavy atom. The van der Waals surface area contributed by atoms with E-state index in [2.05, 4.69) is 4.98 Å². The Labute approximate surface area is 169 Å². The third kappa shape index (κ3) is 6.27. The van der Waals surface area contributed by atoms with Crippen LogP contribution in [-0.2, 0) is 16.1 Å². The maximum absolute atomic E-state index is 12.8. The number of morpholine rings is 1. The number of hydrogen-bond acceptors (Lipinski definition) is 6. The van der Waals surface area contributed by atoms with E-state index in [-0.39, 0.29) is 18.6 Å². The first kappa shape index (κ1) is 20.8. The number of carbonyl (C=O) groups excluding carboxylic acids is 1. The Morgan fingerprint density at radius 3 is 2.66 bits per heavy atom. The molecule has 1 aromatic carbocycles. The second kappa shape index (κ2) is 9.99. The van der Waals surface area contributed by atoms with Crippen LogP contribution in [0.25, 0.3) is 0 Å². The van der Waals surface area contributed by atoms with Crippen molar-refractivity contribution in [2.45, 2.75) is 12.7 Å². The fourth-order valence-electron chi connectivity index (χ4n) is 3.18. The summed E-state index contributed by atoms with van der Waals surface area (Å²) >= 11 is 0. The Hall–Kier alpha value is -2.97. The highest BCUT2D eigenvalue weighted by atomic mass is 16.5. The molecule has 1 amide bonds. The molecule has 154 valence electrons.